The van der Waals surface area contributed by atoms with Crippen LogP contribution < -0.4 is 5.43 Å². The van der Waals surface area contributed by atoms with Crippen molar-refractivity contribution in [1.82, 2.24) is 0 Å². The lowest BCUT2D eigenvalue weighted by molar-refractivity contribution is -0.393. The molecule has 0 aromatic heterocycles. The Kier molecular flexibility index (Phi) is 3.58. The zero-order valence-corrected chi connectivity index (χ0v) is 11.6. The van der Waals surface area contributed by atoms with Gasteiger partial charge in [-0.3, -0.25) is 25.7 Å². The summed E-state index contributed by atoms with van der Waals surface area (Å²) in [5, 5.41) is 25.8. The Bertz CT molecular complexity index is 685. The zero-order valence-electron chi connectivity index (χ0n) is 11.6. The number of nitrogens with zero attached hydrogens (tertiary/aromatic N) is 3. The molecule has 0 aliphatic heterocycles. The van der Waals surface area contributed by atoms with Crippen molar-refractivity contribution in [3.63, 3.8) is 0 Å². The summed E-state index contributed by atoms with van der Waals surface area (Å²) in [5.41, 5.74) is 2.09. The molecule has 22 heavy (non-hydrogen) atoms. The van der Waals surface area contributed by atoms with Gasteiger partial charge in [-0.2, -0.15) is 5.10 Å². The number of benzene rings is 1. The van der Waals surface area contributed by atoms with E-state index in [9.17, 15) is 20.2 Å². The average molecular weight is 302 g/mol. The number of fused-ring (bicyclic) bond motifs is 2. The van der Waals surface area contributed by atoms with E-state index < -0.39 is 9.85 Å². The molecule has 0 amide bonds. The van der Waals surface area contributed by atoms with Gasteiger partial charge < -0.3 is 0 Å². The second-order valence-corrected chi connectivity index (χ2v) is 5.55. The molecular formula is C14H14N4O4. The van der Waals surface area contributed by atoms with E-state index in [4.69, 9.17) is 0 Å². The molecule has 1 aromatic rings. The highest BCUT2D eigenvalue weighted by Crippen LogP contribution is 2.42. The number of anilines is 1. The van der Waals surface area contributed by atoms with Gasteiger partial charge in [-0.1, -0.05) is 12.2 Å². The van der Waals surface area contributed by atoms with Gasteiger partial charge in [0.25, 0.3) is 5.69 Å². The Morgan fingerprint density at radius 2 is 2.00 bits per heavy atom. The van der Waals surface area contributed by atoms with E-state index in [-0.39, 0.29) is 17.1 Å². The van der Waals surface area contributed by atoms with Gasteiger partial charge in [-0.15, -0.1) is 0 Å². The number of rotatable bonds is 5. The van der Waals surface area contributed by atoms with Gasteiger partial charge in [-0.05, 0) is 30.7 Å². The fourth-order valence-corrected chi connectivity index (χ4v) is 3.08. The molecule has 3 unspecified atom stereocenters. The van der Waals surface area contributed by atoms with Crippen LogP contribution in [-0.4, -0.2) is 16.1 Å². The summed E-state index contributed by atoms with van der Waals surface area (Å²) in [6, 6.07) is 3.44. The first kappa shape index (κ1) is 14.2. The lowest BCUT2D eigenvalue weighted by Gasteiger charge is -2.12. The Morgan fingerprint density at radius 3 is 2.59 bits per heavy atom. The molecule has 1 saturated carbocycles. The molecule has 2 bridgehead atoms. The molecule has 8 heteroatoms. The summed E-state index contributed by atoms with van der Waals surface area (Å²) in [4.78, 5) is 20.4. The molecule has 2 aliphatic carbocycles. The lowest BCUT2D eigenvalue weighted by Crippen LogP contribution is -2.09. The summed E-state index contributed by atoms with van der Waals surface area (Å²) in [7, 11) is 0. The predicted molar refractivity (Wildman–Crippen MR) is 80.7 cm³/mol. The number of hydrazone groups is 1. The Balaban J connectivity index is 1.73. The first-order valence-electron chi connectivity index (χ1n) is 6.95. The van der Waals surface area contributed by atoms with Crippen molar-refractivity contribution in [1.29, 1.82) is 0 Å². The van der Waals surface area contributed by atoms with Crippen molar-refractivity contribution >= 4 is 23.3 Å². The summed E-state index contributed by atoms with van der Waals surface area (Å²) in [6.07, 6.45) is 8.39. The number of nitrogens with one attached hydrogen (secondary N) is 1. The van der Waals surface area contributed by atoms with Crippen molar-refractivity contribution in [3.05, 3.63) is 50.6 Å². The summed E-state index contributed by atoms with van der Waals surface area (Å²) < 4.78 is 0. The van der Waals surface area contributed by atoms with Crippen LogP contribution in [0.2, 0.25) is 0 Å². The molecule has 3 atom stereocenters. The molecular weight excluding hydrogens is 288 g/mol. The molecule has 0 radical (unpaired) electrons. The number of nitro groups is 2. The van der Waals surface area contributed by atoms with E-state index in [1.807, 2.05) is 0 Å². The van der Waals surface area contributed by atoms with Gasteiger partial charge >= 0.3 is 5.69 Å². The molecule has 1 fully saturated rings. The van der Waals surface area contributed by atoms with Gasteiger partial charge in [0.1, 0.15) is 5.69 Å². The zero-order chi connectivity index (χ0) is 15.7. The third-order valence-corrected chi connectivity index (χ3v) is 4.17. The van der Waals surface area contributed by atoms with E-state index in [1.54, 1.807) is 6.21 Å². The van der Waals surface area contributed by atoms with Gasteiger partial charge in [0.05, 0.1) is 15.9 Å². The van der Waals surface area contributed by atoms with Crippen molar-refractivity contribution in [2.24, 2.45) is 22.9 Å². The molecule has 1 aromatic carbocycles. The lowest BCUT2D eigenvalue weighted by atomic mass is 9.95. The summed E-state index contributed by atoms with van der Waals surface area (Å²) in [6.45, 7) is 0. The first-order valence-corrected chi connectivity index (χ1v) is 6.95. The molecule has 0 heterocycles. The third kappa shape index (κ3) is 2.67. The van der Waals surface area contributed by atoms with E-state index in [0.717, 1.165) is 18.9 Å². The second kappa shape index (κ2) is 5.55. The van der Waals surface area contributed by atoms with E-state index in [2.05, 4.69) is 22.7 Å². The summed E-state index contributed by atoms with van der Waals surface area (Å²) in [5.74, 6) is 1.47. The second-order valence-electron chi connectivity index (χ2n) is 5.55. The smallest absolute Gasteiger partial charge is 0.272 e. The number of nitro benzene ring substituents is 2. The first-order chi connectivity index (χ1) is 10.5. The van der Waals surface area contributed by atoms with Crippen LogP contribution in [0.3, 0.4) is 0 Å². The number of hydrogen-bond acceptors (Lipinski definition) is 6. The van der Waals surface area contributed by atoms with Crippen molar-refractivity contribution < 1.29 is 9.85 Å². The molecule has 8 nitrogen and oxygen atoms in total. The van der Waals surface area contributed by atoms with Crippen molar-refractivity contribution in [3.8, 4) is 0 Å². The van der Waals surface area contributed by atoms with Gasteiger partial charge in [0, 0.05) is 18.2 Å². The minimum absolute atomic E-state index is 0.144. The maximum Gasteiger partial charge on any atom is 0.301 e. The van der Waals surface area contributed by atoms with Crippen molar-refractivity contribution in [2.75, 3.05) is 5.43 Å². The van der Waals surface area contributed by atoms with Crippen LogP contribution >= 0.6 is 0 Å². The van der Waals surface area contributed by atoms with Gasteiger partial charge in [-0.25, -0.2) is 0 Å². The summed E-state index contributed by atoms with van der Waals surface area (Å²) >= 11 is 0. The number of hydrogen-bond donors (Lipinski definition) is 1. The largest absolute Gasteiger partial charge is 0.301 e. The van der Waals surface area contributed by atoms with Crippen LogP contribution in [0.4, 0.5) is 17.1 Å². The van der Waals surface area contributed by atoms with Crippen LogP contribution in [0, 0.1) is 38.0 Å². The Labute approximate surface area is 125 Å². The van der Waals surface area contributed by atoms with Gasteiger partial charge in [0.15, 0.2) is 0 Å². The average Bonchev–Trinajstić information content (AvgIpc) is 3.09. The van der Waals surface area contributed by atoms with Crippen molar-refractivity contribution in [2.45, 2.75) is 12.8 Å². The van der Waals surface area contributed by atoms with Crippen LogP contribution in [-0.2, 0) is 0 Å². The highest BCUT2D eigenvalue weighted by molar-refractivity contribution is 5.69. The maximum absolute atomic E-state index is 11.0. The van der Waals surface area contributed by atoms with Gasteiger partial charge in [0.2, 0.25) is 0 Å². The van der Waals surface area contributed by atoms with Crippen LogP contribution in [0.5, 0.6) is 0 Å². The van der Waals surface area contributed by atoms with E-state index in [0.29, 0.717) is 17.8 Å². The predicted octanol–water partition coefficient (Wildman–Crippen LogP) is 3.11. The van der Waals surface area contributed by atoms with E-state index in [1.165, 1.54) is 12.1 Å². The Morgan fingerprint density at radius 1 is 1.18 bits per heavy atom. The normalized spacial score (nSPS) is 25.7. The molecule has 0 saturated heterocycles. The van der Waals surface area contributed by atoms with Crippen LogP contribution in [0.15, 0.2) is 35.5 Å². The highest BCUT2D eigenvalue weighted by Gasteiger charge is 2.34. The van der Waals surface area contributed by atoms with E-state index >= 15 is 0 Å². The monoisotopic (exact) mass is 302 g/mol. The fourth-order valence-electron chi connectivity index (χ4n) is 3.08. The molecule has 3 rings (SSSR count). The minimum atomic E-state index is -0.665. The third-order valence-electron chi connectivity index (χ3n) is 4.17. The quantitative estimate of drug-likeness (QED) is 0.389. The highest BCUT2D eigenvalue weighted by atomic mass is 16.6. The SMILES string of the molecule is O=[N+]([O-])c1ccc(NN=CC2CC3C=CC2C3)c([N+](=O)[O-])c1. The van der Waals surface area contributed by atoms with Crippen LogP contribution in [0.25, 0.3) is 0 Å². The fraction of sp³-hybridized carbons (Fsp3) is 0.357. The molecule has 0 spiro atoms. The van der Waals surface area contributed by atoms with Crippen LogP contribution in [0.1, 0.15) is 12.8 Å². The molecule has 1 N–H and O–H groups in total. The molecule has 2 aliphatic rings. The standard InChI is InChI=1S/C14H14N4O4/c19-17(20)12-3-4-13(14(7-12)18(21)22)16-15-8-11-6-9-1-2-10(11)5-9/h1-4,7-11,16H,5-6H2. The number of allylic oxidation sites excluding steroid dienone is 2. The topological polar surface area (TPSA) is 111 Å². The maximum atomic E-state index is 11.0. The Hall–Kier alpha value is -2.77. The number of non-ortho nitro benzene ring substituents is 1. The molecule has 114 valence electrons. The minimum Gasteiger partial charge on any atom is -0.272 e.